The van der Waals surface area contributed by atoms with Crippen LogP contribution in [0.4, 0.5) is 5.69 Å². The van der Waals surface area contributed by atoms with Crippen molar-refractivity contribution in [3.63, 3.8) is 0 Å². The Morgan fingerprint density at radius 2 is 1.39 bits per heavy atom. The highest BCUT2D eigenvalue weighted by Gasteiger charge is 2.45. The first-order valence-electron chi connectivity index (χ1n) is 30.5. The van der Waals surface area contributed by atoms with E-state index in [0.29, 0.717) is 33.5 Å². The summed E-state index contributed by atoms with van der Waals surface area (Å²) in [5, 5.41) is 61.5. The highest BCUT2D eigenvalue weighted by Crippen LogP contribution is 2.32. The van der Waals surface area contributed by atoms with Crippen LogP contribution in [0.25, 0.3) is 10.9 Å². The van der Waals surface area contributed by atoms with Crippen LogP contribution in [0.2, 0.25) is 0 Å². The summed E-state index contributed by atoms with van der Waals surface area (Å²) in [5.74, 6) is -14.0. The highest BCUT2D eigenvalue weighted by atomic mass is 32.2. The largest absolute Gasteiger partial charge is 0.394 e. The maximum Gasteiger partial charge on any atom is 0.253 e. The summed E-state index contributed by atoms with van der Waals surface area (Å²) in [5.41, 5.74) is 1.68. The standard InChI is InChI=1S/C61H80N14O17S/c1-7-30(4)51-57(89)64-24-46(81)67-41-28-93-60-37(36-10-8-9-11-38(36)70-60)21-39(54(86)63-25-47(82)72-51)68-59(91)52(31(5)43(78)27-76)73-56(88)42-20-35(77)26-75(42)61(92)40(69-55(41)87)22-45(80)62-23-33-12-14-34(15-13-33)66-53(85)32(6)65-58(90)50(29(2)3)71-44(79)18-19-74-48(83)16-17-49(74)84/h8-17,29-32,35,39-43,50-52,70,76-78H,7,18-28H2,1-6H3,(H,62,80)(H,63,86)(H,64,89)(H,65,90)(H,66,85)(H,67,81)(H,68,91)(H,69,87)(H,71,79)(H,72,82)(H,73,88)/t30-,31?,32-,35?,39?,40-,41?,42-,43-,50?,51-,52-/m0/s1. The molecule has 93 heavy (non-hydrogen) atoms. The predicted molar refractivity (Wildman–Crippen MR) is 333 cm³/mol. The Bertz CT molecular complexity index is 3380. The number of rotatable bonds is 18. The van der Waals surface area contributed by atoms with Crippen LogP contribution in [-0.4, -0.2) is 212 Å². The highest BCUT2D eigenvalue weighted by molar-refractivity contribution is 7.99. The molecule has 14 amide bonds. The fourth-order valence-electron chi connectivity index (χ4n) is 10.7. The molecule has 3 aromatic rings. The summed E-state index contributed by atoms with van der Waals surface area (Å²) >= 11 is 0.989. The Morgan fingerprint density at radius 3 is 2.05 bits per heavy atom. The van der Waals surface area contributed by atoms with E-state index in [2.05, 4.69) is 63.5 Å². The minimum atomic E-state index is -1.84. The van der Waals surface area contributed by atoms with Gasteiger partial charge in [-0.1, -0.05) is 71.4 Å². The van der Waals surface area contributed by atoms with Gasteiger partial charge in [-0.25, -0.2) is 0 Å². The van der Waals surface area contributed by atoms with Gasteiger partial charge in [-0.05, 0) is 48.1 Å². The molecule has 1 fully saturated rings. The molecular weight excluding hydrogens is 1230 g/mol. The number of benzene rings is 2. The molecule has 15 N–H and O–H groups in total. The number of aliphatic hydroxyl groups excluding tert-OH is 3. The van der Waals surface area contributed by atoms with Gasteiger partial charge in [0, 0.05) is 79.3 Å². The van der Waals surface area contributed by atoms with Gasteiger partial charge in [0.2, 0.25) is 70.9 Å². The van der Waals surface area contributed by atoms with Gasteiger partial charge in [-0.2, -0.15) is 0 Å². The van der Waals surface area contributed by atoms with Crippen molar-refractivity contribution in [2.45, 2.75) is 146 Å². The third-order valence-electron chi connectivity index (χ3n) is 16.5. The molecule has 1 saturated heterocycles. The van der Waals surface area contributed by atoms with Crippen molar-refractivity contribution in [3.8, 4) is 0 Å². The van der Waals surface area contributed by atoms with Crippen molar-refractivity contribution in [1.29, 1.82) is 0 Å². The number of nitrogens with zero attached hydrogens (tertiary/aromatic N) is 2. The SMILES string of the molecule is CC[C@H](C)[C@@H]1NC(=O)CNC(=O)C2Cc3c([nH]c4ccccc34)SCC(NC(=O)CNC1=O)C(=O)N[C@@H](CC(=O)NCc1ccc(NC(=O)[C@H](C)NC(=O)C(NC(=O)CCN3C(=O)C=CC3=O)C(C)C)cc1)C(=O)N1CC(O)C[C@H]1C(=O)N[C@@H](C(C)[C@@H](O)CO)C(=O)N2. The normalized spacial score (nSPS) is 23.7. The first kappa shape index (κ1) is 71.2. The van der Waals surface area contributed by atoms with E-state index in [1.165, 1.54) is 26.0 Å². The van der Waals surface area contributed by atoms with Gasteiger partial charge >= 0.3 is 0 Å². The molecule has 0 aliphatic carbocycles. The smallest absolute Gasteiger partial charge is 0.253 e. The number of carbonyl (C=O) groups excluding carboxylic acids is 14. The number of para-hydroxylation sites is 1. The Balaban J connectivity index is 1.14. The minimum Gasteiger partial charge on any atom is -0.394 e. The molecule has 4 aliphatic heterocycles. The number of H-pyrrole nitrogens is 1. The first-order valence-corrected chi connectivity index (χ1v) is 31.5. The fourth-order valence-corrected chi connectivity index (χ4v) is 11.9. The number of anilines is 1. The van der Waals surface area contributed by atoms with Gasteiger partial charge in [-0.15, -0.1) is 11.8 Å². The summed E-state index contributed by atoms with van der Waals surface area (Å²) in [7, 11) is 0. The molecule has 7 rings (SSSR count). The van der Waals surface area contributed by atoms with Gasteiger partial charge < -0.3 is 83.7 Å². The molecule has 4 aliphatic rings. The molecule has 5 heterocycles. The zero-order valence-corrected chi connectivity index (χ0v) is 52.9. The lowest BCUT2D eigenvalue weighted by Gasteiger charge is -2.33. The predicted octanol–water partition coefficient (Wildman–Crippen LogP) is -3.91. The molecule has 2 bridgehead atoms. The van der Waals surface area contributed by atoms with Gasteiger partial charge in [0.25, 0.3) is 11.8 Å². The number of fused-ring (bicyclic) bond motifs is 5. The number of amides is 14. The Hall–Kier alpha value is -9.27. The van der Waals surface area contributed by atoms with E-state index in [1.807, 2.05) is 0 Å². The summed E-state index contributed by atoms with van der Waals surface area (Å²) in [6, 6.07) is 1.18. The maximum absolute atomic E-state index is 15.0. The van der Waals surface area contributed by atoms with E-state index in [4.69, 9.17) is 0 Å². The zero-order valence-electron chi connectivity index (χ0n) is 52.1. The molecule has 5 unspecified atom stereocenters. The van der Waals surface area contributed by atoms with Crippen molar-refractivity contribution in [1.82, 2.24) is 68.0 Å². The van der Waals surface area contributed by atoms with E-state index in [0.717, 1.165) is 33.7 Å². The molecule has 1 aromatic heterocycles. The summed E-state index contributed by atoms with van der Waals surface area (Å²) in [6.07, 6.45) is -2.30. The lowest BCUT2D eigenvalue weighted by Crippen LogP contribution is -2.62. The quantitative estimate of drug-likeness (QED) is 0.0541. The van der Waals surface area contributed by atoms with Crippen LogP contribution in [0.3, 0.4) is 0 Å². The average molecular weight is 1310 g/mol. The molecule has 0 saturated carbocycles. The molecule has 32 heteroatoms. The second-order valence-electron chi connectivity index (χ2n) is 23.7. The van der Waals surface area contributed by atoms with Crippen LogP contribution in [0.1, 0.15) is 78.4 Å². The van der Waals surface area contributed by atoms with Crippen LogP contribution < -0.4 is 58.5 Å². The monoisotopic (exact) mass is 1310 g/mol. The number of imide groups is 1. The van der Waals surface area contributed by atoms with E-state index in [1.54, 1.807) is 64.1 Å². The topological polar surface area (TPSA) is 454 Å². The van der Waals surface area contributed by atoms with Gasteiger partial charge in [0.05, 0.1) is 43.4 Å². The van der Waals surface area contributed by atoms with Gasteiger partial charge in [0.1, 0.15) is 48.3 Å². The number of hydrogen-bond acceptors (Lipinski definition) is 18. The van der Waals surface area contributed by atoms with Crippen molar-refractivity contribution in [2.75, 3.05) is 43.9 Å². The maximum atomic E-state index is 15.0. The van der Waals surface area contributed by atoms with E-state index in [9.17, 15) is 77.6 Å². The van der Waals surface area contributed by atoms with Crippen LogP contribution in [0.15, 0.2) is 65.7 Å². The first-order chi connectivity index (χ1) is 44.2. The molecular formula is C61H80N14O17S. The number of carbonyl (C=O) groups is 14. The van der Waals surface area contributed by atoms with E-state index < -0.39 is 200 Å². The molecule has 502 valence electrons. The molecule has 0 spiro atoms. The molecule has 2 aromatic carbocycles. The van der Waals surface area contributed by atoms with Crippen molar-refractivity contribution in [2.24, 2.45) is 17.8 Å². The molecule has 31 nitrogen and oxygen atoms in total. The van der Waals surface area contributed by atoms with Crippen molar-refractivity contribution >= 4 is 111 Å². The number of aromatic amines is 1. The summed E-state index contributed by atoms with van der Waals surface area (Å²) in [6.45, 7) is 6.32. The number of aliphatic hydroxyl groups is 3. The molecule has 0 radical (unpaired) electrons. The number of hydrogen-bond donors (Lipinski definition) is 15. The summed E-state index contributed by atoms with van der Waals surface area (Å²) in [4.78, 5) is 197. The Morgan fingerprint density at radius 1 is 0.720 bits per heavy atom. The average Bonchev–Trinajstić information content (AvgIpc) is 1.70. The number of aromatic nitrogens is 1. The second-order valence-corrected chi connectivity index (χ2v) is 24.7. The second kappa shape index (κ2) is 32.3. The van der Waals surface area contributed by atoms with Gasteiger partial charge in [-0.3, -0.25) is 72.0 Å². The lowest BCUT2D eigenvalue weighted by molar-refractivity contribution is -0.144. The van der Waals surface area contributed by atoms with Crippen LogP contribution >= 0.6 is 11.8 Å². The Labute approximate surface area is 538 Å². The number of nitrogens with one attached hydrogen (secondary N) is 12. The lowest BCUT2D eigenvalue weighted by atomic mass is 9.93. The third-order valence-corrected chi connectivity index (χ3v) is 17.6. The number of thioether (sulfide) groups is 1. The molecule has 12 atom stereocenters. The minimum absolute atomic E-state index is 0.190. The fraction of sp³-hybridized carbons (Fsp3) is 0.508. The van der Waals surface area contributed by atoms with E-state index >= 15 is 4.79 Å². The van der Waals surface area contributed by atoms with E-state index in [-0.39, 0.29) is 37.4 Å². The van der Waals surface area contributed by atoms with Crippen LogP contribution in [0.5, 0.6) is 0 Å². The van der Waals surface area contributed by atoms with Crippen LogP contribution in [0, 0.1) is 17.8 Å². The van der Waals surface area contributed by atoms with Crippen LogP contribution in [-0.2, 0) is 80.1 Å². The zero-order chi connectivity index (χ0) is 68.0. The Kier molecular flexibility index (Phi) is 24.7. The van der Waals surface area contributed by atoms with Gasteiger partial charge in [0.15, 0.2) is 0 Å². The third kappa shape index (κ3) is 18.7. The van der Waals surface area contributed by atoms with Crippen molar-refractivity contribution in [3.05, 3.63) is 71.8 Å². The summed E-state index contributed by atoms with van der Waals surface area (Å²) < 4.78 is 0. The van der Waals surface area contributed by atoms with Crippen molar-refractivity contribution < 1.29 is 82.4 Å².